The van der Waals surface area contributed by atoms with Gasteiger partial charge in [-0.05, 0) is 29.7 Å². The van der Waals surface area contributed by atoms with Crippen LogP contribution in [-0.2, 0) is 11.3 Å². The van der Waals surface area contributed by atoms with Crippen LogP contribution < -0.4 is 4.90 Å². The van der Waals surface area contributed by atoms with Gasteiger partial charge in [0.2, 0.25) is 0 Å². The van der Waals surface area contributed by atoms with Gasteiger partial charge in [0.25, 0.3) is 0 Å². The van der Waals surface area contributed by atoms with Crippen molar-refractivity contribution in [3.05, 3.63) is 77.9 Å². The van der Waals surface area contributed by atoms with Gasteiger partial charge in [-0.3, -0.25) is 4.90 Å². The molecule has 128 valence electrons. The monoisotopic (exact) mass is 334 g/mol. The number of carbonyl (C=O) groups is 1. The summed E-state index contributed by atoms with van der Waals surface area (Å²) >= 11 is 0. The topological polar surface area (TPSA) is 32.8 Å². The fourth-order valence-electron chi connectivity index (χ4n) is 3.39. The Hall–Kier alpha value is -2.75. The number of carbonyl (C=O) groups excluding carboxylic acids is 1. The molecule has 1 fully saturated rings. The number of ether oxygens (including phenoxy) is 1. The number of cyclic esters (lactones) is 1. The fourth-order valence-corrected chi connectivity index (χ4v) is 3.39. The molecule has 0 aromatic heterocycles. The minimum atomic E-state index is -0.237. The summed E-state index contributed by atoms with van der Waals surface area (Å²) in [5.41, 5.74) is 3.41. The molecule has 2 aliphatic heterocycles. The van der Waals surface area contributed by atoms with Crippen LogP contribution in [0.3, 0.4) is 0 Å². The van der Waals surface area contributed by atoms with Crippen molar-refractivity contribution in [1.29, 1.82) is 0 Å². The Bertz CT molecular complexity index is 755. The number of benzene rings is 2. The van der Waals surface area contributed by atoms with Crippen molar-refractivity contribution in [2.24, 2.45) is 0 Å². The lowest BCUT2D eigenvalue weighted by atomic mass is 10.1. The van der Waals surface area contributed by atoms with Crippen molar-refractivity contribution in [3.8, 4) is 0 Å². The second-order valence-corrected chi connectivity index (χ2v) is 6.54. The molecule has 0 aliphatic carbocycles. The third-order valence-electron chi connectivity index (χ3n) is 4.79. The minimum Gasteiger partial charge on any atom is -0.439 e. The van der Waals surface area contributed by atoms with Gasteiger partial charge in [0.15, 0.2) is 0 Å². The zero-order chi connectivity index (χ0) is 17.1. The smallest absolute Gasteiger partial charge is 0.410 e. The second-order valence-electron chi connectivity index (χ2n) is 6.54. The summed E-state index contributed by atoms with van der Waals surface area (Å²) in [6, 6.07) is 18.4. The average molecular weight is 334 g/mol. The molecule has 25 heavy (non-hydrogen) atoms. The number of rotatable bonds is 4. The molecule has 2 aromatic carbocycles. The van der Waals surface area contributed by atoms with E-state index in [1.165, 1.54) is 5.69 Å². The lowest BCUT2D eigenvalue weighted by Gasteiger charge is -2.25. The van der Waals surface area contributed by atoms with Gasteiger partial charge in [-0.15, -0.1) is 0 Å². The van der Waals surface area contributed by atoms with Gasteiger partial charge in [-0.25, -0.2) is 4.79 Å². The zero-order valence-corrected chi connectivity index (χ0v) is 14.2. The van der Waals surface area contributed by atoms with Crippen molar-refractivity contribution in [2.45, 2.75) is 19.1 Å². The average Bonchev–Trinajstić information content (AvgIpc) is 3.04. The van der Waals surface area contributed by atoms with Gasteiger partial charge in [0.1, 0.15) is 6.10 Å². The molecule has 1 unspecified atom stereocenters. The van der Waals surface area contributed by atoms with Crippen molar-refractivity contribution in [3.63, 3.8) is 0 Å². The van der Waals surface area contributed by atoms with Crippen molar-refractivity contribution < 1.29 is 9.53 Å². The van der Waals surface area contributed by atoms with Crippen LogP contribution in [0.1, 0.15) is 23.7 Å². The molecule has 4 nitrogen and oxygen atoms in total. The summed E-state index contributed by atoms with van der Waals surface area (Å²) in [6.07, 6.45) is 5.13. The van der Waals surface area contributed by atoms with E-state index in [2.05, 4.69) is 41.3 Å². The third kappa shape index (κ3) is 3.53. The Kier molecular flexibility index (Phi) is 4.42. The van der Waals surface area contributed by atoms with E-state index in [0.29, 0.717) is 13.1 Å². The molecule has 2 heterocycles. The van der Waals surface area contributed by atoms with E-state index < -0.39 is 0 Å². The molecule has 0 N–H and O–H groups in total. The Morgan fingerprint density at radius 2 is 1.80 bits per heavy atom. The van der Waals surface area contributed by atoms with E-state index in [0.717, 1.165) is 30.6 Å². The van der Waals surface area contributed by atoms with Crippen LogP contribution in [0, 0.1) is 0 Å². The van der Waals surface area contributed by atoms with E-state index >= 15 is 0 Å². The molecule has 1 atom stereocenters. The van der Waals surface area contributed by atoms with E-state index in [-0.39, 0.29) is 12.2 Å². The first-order valence-corrected chi connectivity index (χ1v) is 8.79. The molecule has 4 rings (SSSR count). The molecular formula is C21H22N2O2. The maximum atomic E-state index is 12.2. The molecule has 0 radical (unpaired) electrons. The van der Waals surface area contributed by atoms with Crippen LogP contribution >= 0.6 is 0 Å². The Balaban J connectivity index is 1.40. The summed E-state index contributed by atoms with van der Waals surface area (Å²) < 4.78 is 5.52. The normalized spacial score (nSPS) is 20.0. The first-order chi connectivity index (χ1) is 12.3. The van der Waals surface area contributed by atoms with E-state index in [4.69, 9.17) is 4.74 Å². The highest BCUT2D eigenvalue weighted by Gasteiger charge is 2.32. The predicted octanol–water partition coefficient (Wildman–Crippen LogP) is 4.15. The first kappa shape index (κ1) is 15.8. The molecular weight excluding hydrogens is 312 g/mol. The molecule has 0 bridgehead atoms. The van der Waals surface area contributed by atoms with E-state index in [1.807, 2.05) is 30.3 Å². The highest BCUT2D eigenvalue weighted by Crippen LogP contribution is 2.27. The molecule has 0 saturated carbocycles. The fraction of sp³-hybridized carbons (Fsp3) is 0.286. The molecule has 0 spiro atoms. The highest BCUT2D eigenvalue weighted by atomic mass is 16.6. The quantitative estimate of drug-likeness (QED) is 0.788. The van der Waals surface area contributed by atoms with Gasteiger partial charge < -0.3 is 9.64 Å². The molecule has 2 aromatic rings. The van der Waals surface area contributed by atoms with Crippen LogP contribution in [0.2, 0.25) is 0 Å². The highest BCUT2D eigenvalue weighted by molar-refractivity contribution is 5.70. The predicted molar refractivity (Wildman–Crippen MR) is 98.5 cm³/mol. The number of amides is 1. The standard InChI is InChI=1S/C21H22N2O2/c24-21-23(16-20(25-21)18-7-3-1-4-8-18)15-17-9-11-19(12-10-17)22-13-5-2-6-14-22/h1-5,7-12,20H,6,13-16H2. The van der Waals surface area contributed by atoms with Gasteiger partial charge in [0.05, 0.1) is 6.54 Å². The van der Waals surface area contributed by atoms with Crippen LogP contribution in [0.5, 0.6) is 0 Å². The first-order valence-electron chi connectivity index (χ1n) is 8.79. The van der Waals surface area contributed by atoms with Crippen molar-refractivity contribution in [1.82, 2.24) is 4.90 Å². The van der Waals surface area contributed by atoms with Gasteiger partial charge in [-0.2, -0.15) is 0 Å². The van der Waals surface area contributed by atoms with Crippen LogP contribution in [0.4, 0.5) is 10.5 Å². The Labute approximate surface area is 148 Å². The summed E-state index contributed by atoms with van der Waals surface area (Å²) in [4.78, 5) is 16.3. The molecule has 1 saturated heterocycles. The summed E-state index contributed by atoms with van der Waals surface area (Å²) in [5.74, 6) is 0. The van der Waals surface area contributed by atoms with Gasteiger partial charge in [0, 0.05) is 25.3 Å². The number of hydrogen-bond donors (Lipinski definition) is 0. The molecule has 2 aliphatic rings. The summed E-state index contributed by atoms with van der Waals surface area (Å²) in [7, 11) is 0. The Morgan fingerprint density at radius 1 is 1.00 bits per heavy atom. The van der Waals surface area contributed by atoms with Crippen molar-refractivity contribution in [2.75, 3.05) is 24.5 Å². The number of anilines is 1. The second kappa shape index (κ2) is 7.01. The largest absolute Gasteiger partial charge is 0.439 e. The zero-order valence-electron chi connectivity index (χ0n) is 14.2. The molecule has 4 heteroatoms. The van der Waals surface area contributed by atoms with Crippen LogP contribution in [-0.4, -0.2) is 30.6 Å². The number of hydrogen-bond acceptors (Lipinski definition) is 3. The van der Waals surface area contributed by atoms with E-state index in [9.17, 15) is 4.79 Å². The van der Waals surface area contributed by atoms with Crippen LogP contribution in [0.25, 0.3) is 0 Å². The Morgan fingerprint density at radius 3 is 2.52 bits per heavy atom. The summed E-state index contributed by atoms with van der Waals surface area (Å²) in [6.45, 7) is 3.22. The SMILES string of the molecule is O=C1OC(c2ccccc2)CN1Cc1ccc(N2CC=CCC2)cc1. The lowest BCUT2D eigenvalue weighted by molar-refractivity contribution is 0.132. The lowest BCUT2D eigenvalue weighted by Crippen LogP contribution is -2.27. The van der Waals surface area contributed by atoms with Crippen molar-refractivity contribution >= 4 is 11.8 Å². The van der Waals surface area contributed by atoms with Gasteiger partial charge >= 0.3 is 6.09 Å². The third-order valence-corrected chi connectivity index (χ3v) is 4.79. The molecule has 1 amide bonds. The number of nitrogens with zero attached hydrogens (tertiary/aromatic N) is 2. The maximum Gasteiger partial charge on any atom is 0.410 e. The van der Waals surface area contributed by atoms with Gasteiger partial charge in [-0.1, -0.05) is 54.6 Å². The van der Waals surface area contributed by atoms with E-state index in [1.54, 1.807) is 4.90 Å². The van der Waals surface area contributed by atoms with Crippen LogP contribution in [0.15, 0.2) is 66.7 Å². The summed E-state index contributed by atoms with van der Waals surface area (Å²) in [5, 5.41) is 0. The minimum absolute atomic E-state index is 0.173. The maximum absolute atomic E-state index is 12.2.